The van der Waals surface area contributed by atoms with E-state index in [1.165, 1.54) is 9.13 Å². The number of imidazole rings is 1. The van der Waals surface area contributed by atoms with E-state index in [9.17, 15) is 14.4 Å². The van der Waals surface area contributed by atoms with Crippen molar-refractivity contribution in [1.82, 2.24) is 23.7 Å². The molecule has 0 saturated carbocycles. The third kappa shape index (κ3) is 4.13. The highest BCUT2D eigenvalue weighted by atomic mass is 16.2. The van der Waals surface area contributed by atoms with Crippen molar-refractivity contribution in [2.75, 3.05) is 29.4 Å². The monoisotopic (exact) mass is 492 g/mol. The van der Waals surface area contributed by atoms with Gasteiger partial charge in [0.1, 0.15) is 12.5 Å². The van der Waals surface area contributed by atoms with Crippen molar-refractivity contribution in [1.29, 1.82) is 0 Å². The molecule has 11 heteroatoms. The van der Waals surface area contributed by atoms with Gasteiger partial charge in [-0.2, -0.15) is 4.98 Å². The second kappa shape index (κ2) is 9.38. The number of nitrogens with two attached hydrogens (primary N) is 1. The molecule has 36 heavy (non-hydrogen) atoms. The van der Waals surface area contributed by atoms with Gasteiger partial charge in [0.15, 0.2) is 16.9 Å². The molecule has 190 valence electrons. The summed E-state index contributed by atoms with van der Waals surface area (Å²) in [7, 11) is 1.64. The van der Waals surface area contributed by atoms with Gasteiger partial charge in [0.2, 0.25) is 5.95 Å². The molecule has 0 radical (unpaired) electrons. The van der Waals surface area contributed by atoms with E-state index in [0.717, 1.165) is 25.0 Å². The van der Waals surface area contributed by atoms with Gasteiger partial charge < -0.3 is 20.1 Å². The number of rotatable bonds is 5. The van der Waals surface area contributed by atoms with E-state index in [1.807, 2.05) is 29.4 Å². The number of fused-ring (bicyclic) bond motifs is 2. The van der Waals surface area contributed by atoms with Crippen LogP contribution in [0.4, 0.5) is 11.8 Å². The van der Waals surface area contributed by atoms with E-state index in [1.54, 1.807) is 25.4 Å². The third-order valence-corrected chi connectivity index (χ3v) is 6.94. The minimum absolute atomic E-state index is 0.00349. The van der Waals surface area contributed by atoms with E-state index in [2.05, 4.69) is 9.88 Å². The zero-order valence-electron chi connectivity index (χ0n) is 21.0. The Labute approximate surface area is 208 Å². The maximum absolute atomic E-state index is 13.9. The van der Waals surface area contributed by atoms with Gasteiger partial charge >= 0.3 is 5.69 Å². The average molecular weight is 493 g/mol. The Morgan fingerprint density at radius 1 is 1.19 bits per heavy atom. The lowest BCUT2D eigenvalue weighted by Crippen LogP contribution is -2.46. The van der Waals surface area contributed by atoms with Gasteiger partial charge in [-0.15, -0.1) is 0 Å². The van der Waals surface area contributed by atoms with Crippen molar-refractivity contribution in [3.8, 4) is 0 Å². The Morgan fingerprint density at radius 2 is 2.00 bits per heavy atom. The highest BCUT2D eigenvalue weighted by Crippen LogP contribution is 2.25. The molecule has 0 bridgehead atoms. The number of hydrogen-bond acceptors (Lipinski definition) is 8. The average Bonchev–Trinajstić information content (AvgIpc) is 3.25. The molecule has 0 spiro atoms. The largest absolute Gasteiger partial charge is 0.341 e. The first-order valence-electron chi connectivity index (χ1n) is 12.3. The van der Waals surface area contributed by atoms with Crippen molar-refractivity contribution in [3.63, 3.8) is 0 Å². The van der Waals surface area contributed by atoms with Crippen LogP contribution in [-0.4, -0.2) is 55.1 Å². The number of carbonyl (C=O) groups excluding carboxylic acids is 1. The van der Waals surface area contributed by atoms with E-state index in [4.69, 9.17) is 10.7 Å². The van der Waals surface area contributed by atoms with Gasteiger partial charge in [-0.05, 0) is 38.8 Å². The predicted octanol–water partition coefficient (Wildman–Crippen LogP) is 1.24. The lowest BCUT2D eigenvalue weighted by Gasteiger charge is -2.31. The zero-order valence-corrected chi connectivity index (χ0v) is 21.0. The quantitative estimate of drug-likeness (QED) is 0.528. The molecule has 1 atom stereocenters. The minimum Gasteiger partial charge on any atom is -0.341 e. The summed E-state index contributed by atoms with van der Waals surface area (Å²) in [5.74, 6) is 1.15. The SMILES string of the molecule is CC(C)=CCn1c(N2CCCC(N)C2)nc2c1c(=O)n(CN1CCC(=O)c3cccnc31)c(=O)n2C. The molecule has 0 aromatic carbocycles. The molecule has 5 heterocycles. The maximum atomic E-state index is 13.9. The first kappa shape index (κ1) is 24.0. The molecular formula is C25H32N8O3. The molecule has 2 aliphatic rings. The molecule has 3 aromatic heterocycles. The Morgan fingerprint density at radius 3 is 2.75 bits per heavy atom. The Kier molecular flexibility index (Phi) is 6.25. The number of anilines is 2. The number of aromatic nitrogens is 5. The first-order chi connectivity index (χ1) is 17.3. The second-order valence-electron chi connectivity index (χ2n) is 9.85. The molecule has 0 amide bonds. The topological polar surface area (TPSA) is 124 Å². The molecule has 2 N–H and O–H groups in total. The van der Waals surface area contributed by atoms with Crippen LogP contribution in [0.2, 0.25) is 0 Å². The number of Topliss-reactive ketones (excluding diaryl/α,β-unsaturated/α-hetero) is 1. The summed E-state index contributed by atoms with van der Waals surface area (Å²) in [5, 5.41) is 0. The predicted molar refractivity (Wildman–Crippen MR) is 139 cm³/mol. The number of nitrogens with zero attached hydrogens (tertiary/aromatic N) is 7. The van der Waals surface area contributed by atoms with E-state index in [-0.39, 0.29) is 18.5 Å². The number of aryl methyl sites for hydroxylation is 1. The van der Waals surface area contributed by atoms with Gasteiger partial charge in [-0.1, -0.05) is 11.6 Å². The maximum Gasteiger partial charge on any atom is 0.333 e. The highest BCUT2D eigenvalue weighted by Gasteiger charge is 2.28. The van der Waals surface area contributed by atoms with Gasteiger partial charge in [0.05, 0.1) is 5.56 Å². The summed E-state index contributed by atoms with van der Waals surface area (Å²) < 4.78 is 4.53. The van der Waals surface area contributed by atoms with E-state index in [0.29, 0.717) is 54.5 Å². The summed E-state index contributed by atoms with van der Waals surface area (Å²) >= 11 is 0. The summed E-state index contributed by atoms with van der Waals surface area (Å²) in [4.78, 5) is 52.7. The van der Waals surface area contributed by atoms with Crippen molar-refractivity contribution in [2.45, 2.75) is 52.4 Å². The van der Waals surface area contributed by atoms with Gasteiger partial charge in [0, 0.05) is 51.9 Å². The van der Waals surface area contributed by atoms with Crippen LogP contribution in [0, 0.1) is 0 Å². The molecular weight excluding hydrogens is 460 g/mol. The van der Waals surface area contributed by atoms with Crippen LogP contribution in [0.3, 0.4) is 0 Å². The molecule has 3 aromatic rings. The van der Waals surface area contributed by atoms with Crippen LogP contribution in [0.15, 0.2) is 39.6 Å². The second-order valence-corrected chi connectivity index (χ2v) is 9.85. The molecule has 0 aliphatic carbocycles. The van der Waals surface area contributed by atoms with Crippen LogP contribution >= 0.6 is 0 Å². The minimum atomic E-state index is -0.462. The number of pyridine rings is 1. The number of carbonyl (C=O) groups is 1. The number of hydrogen-bond donors (Lipinski definition) is 1. The fraction of sp³-hybridized carbons (Fsp3) is 0.480. The van der Waals surface area contributed by atoms with Crippen LogP contribution in [0.5, 0.6) is 0 Å². The Bertz CT molecular complexity index is 1480. The van der Waals surface area contributed by atoms with Gasteiger partial charge in [0.25, 0.3) is 5.56 Å². The van der Waals surface area contributed by atoms with Gasteiger partial charge in [-0.25, -0.2) is 14.3 Å². The molecule has 5 rings (SSSR count). The lowest BCUT2D eigenvalue weighted by atomic mass is 10.0. The van der Waals surface area contributed by atoms with Crippen LogP contribution in [0.1, 0.15) is 43.5 Å². The number of piperidine rings is 1. The van der Waals surface area contributed by atoms with Crippen molar-refractivity contribution in [2.24, 2.45) is 12.8 Å². The molecule has 11 nitrogen and oxygen atoms in total. The third-order valence-electron chi connectivity index (χ3n) is 6.94. The van der Waals surface area contributed by atoms with Crippen molar-refractivity contribution >= 4 is 28.7 Å². The number of ketones is 1. The first-order valence-corrected chi connectivity index (χ1v) is 12.3. The number of allylic oxidation sites excluding steroid dienone is 2. The van der Waals surface area contributed by atoms with Crippen LogP contribution < -0.4 is 26.8 Å². The standard InChI is InChI=1S/C25H32N8O3/c1-16(2)8-13-32-20-22(28-24(32)30-11-5-6-17(26)14-30)29(3)25(36)33(23(20)35)15-31-12-9-19(34)18-7-4-10-27-21(18)31/h4,7-8,10,17H,5-6,9,11-15,26H2,1-3H3. The highest BCUT2D eigenvalue weighted by molar-refractivity contribution is 6.02. The zero-order chi connectivity index (χ0) is 25.6. The Balaban J connectivity index is 1.66. The summed E-state index contributed by atoms with van der Waals surface area (Å²) in [6.07, 6.45) is 5.84. The van der Waals surface area contributed by atoms with Crippen LogP contribution in [-0.2, 0) is 20.3 Å². The molecule has 1 saturated heterocycles. The molecule has 2 aliphatic heterocycles. The van der Waals surface area contributed by atoms with E-state index >= 15 is 0 Å². The summed E-state index contributed by atoms with van der Waals surface area (Å²) in [5.41, 5.74) is 7.71. The van der Waals surface area contributed by atoms with Crippen molar-refractivity contribution < 1.29 is 4.79 Å². The summed E-state index contributed by atoms with van der Waals surface area (Å²) in [6, 6.07) is 3.48. The van der Waals surface area contributed by atoms with E-state index < -0.39 is 11.2 Å². The summed E-state index contributed by atoms with van der Waals surface area (Å²) in [6.45, 7) is 6.27. The fourth-order valence-electron chi connectivity index (χ4n) is 5.02. The normalized spacial score (nSPS) is 18.0. The van der Waals surface area contributed by atoms with Gasteiger partial charge in [-0.3, -0.25) is 14.2 Å². The molecule has 1 unspecified atom stereocenters. The molecule has 1 fully saturated rings. The smallest absolute Gasteiger partial charge is 0.333 e. The fourth-order valence-corrected chi connectivity index (χ4v) is 5.02. The van der Waals surface area contributed by atoms with Crippen LogP contribution in [0.25, 0.3) is 11.2 Å². The lowest BCUT2D eigenvalue weighted by molar-refractivity contribution is 0.0978. The Hall–Kier alpha value is -3.73. The van der Waals surface area contributed by atoms with Crippen molar-refractivity contribution in [3.05, 3.63) is 56.4 Å².